The molecule has 2 heterocycles. The molecule has 0 atom stereocenters. The molecule has 0 spiro atoms. The number of anilines is 1. The summed E-state index contributed by atoms with van der Waals surface area (Å²) in [6, 6.07) is 1.64. The zero-order valence-electron chi connectivity index (χ0n) is 9.02. The lowest BCUT2D eigenvalue weighted by Gasteiger charge is -2.01. The Morgan fingerprint density at radius 3 is 2.53 bits per heavy atom. The van der Waals surface area contributed by atoms with Crippen LogP contribution >= 0.6 is 38.6 Å². The molecule has 2 aromatic rings. The van der Waals surface area contributed by atoms with Crippen LogP contribution in [0.4, 0.5) is 5.13 Å². The molecule has 92 valence electrons. The van der Waals surface area contributed by atoms with Crippen molar-refractivity contribution in [3.05, 3.63) is 26.5 Å². The van der Waals surface area contributed by atoms with Crippen molar-refractivity contribution in [1.82, 2.24) is 4.98 Å². The van der Waals surface area contributed by atoms with E-state index in [-0.39, 0.29) is 4.21 Å². The van der Waals surface area contributed by atoms with Gasteiger partial charge in [-0.3, -0.25) is 4.72 Å². The van der Waals surface area contributed by atoms with Crippen LogP contribution < -0.4 is 4.72 Å². The van der Waals surface area contributed by atoms with E-state index in [0.717, 1.165) is 14.2 Å². The number of sulfonamides is 1. The minimum Gasteiger partial charge on any atom is -0.254 e. The van der Waals surface area contributed by atoms with Gasteiger partial charge >= 0.3 is 0 Å². The molecular weight excluding hydrogens is 344 g/mol. The Kier molecular flexibility index (Phi) is 3.58. The predicted octanol–water partition coefficient (Wildman–Crippen LogP) is 3.38. The number of nitrogens with zero attached hydrogens (tertiary/aromatic N) is 1. The van der Waals surface area contributed by atoms with E-state index >= 15 is 0 Å². The molecular formula is C9H9BrN2O2S3. The topological polar surface area (TPSA) is 59.1 Å². The van der Waals surface area contributed by atoms with Crippen LogP contribution in [0.15, 0.2) is 20.3 Å². The van der Waals surface area contributed by atoms with Crippen LogP contribution in [0, 0.1) is 13.8 Å². The van der Waals surface area contributed by atoms with E-state index in [1.54, 1.807) is 12.3 Å². The van der Waals surface area contributed by atoms with E-state index in [1.165, 1.54) is 22.7 Å². The van der Waals surface area contributed by atoms with Crippen molar-refractivity contribution in [1.29, 1.82) is 0 Å². The molecule has 4 nitrogen and oxygen atoms in total. The maximum atomic E-state index is 12.0. The molecule has 0 aliphatic heterocycles. The Bertz CT molecular complexity index is 626. The zero-order chi connectivity index (χ0) is 12.6. The molecule has 2 rings (SSSR count). The van der Waals surface area contributed by atoms with Gasteiger partial charge in [-0.2, -0.15) is 0 Å². The van der Waals surface area contributed by atoms with Gasteiger partial charge in [-0.05, 0) is 41.4 Å². The highest BCUT2D eigenvalue weighted by molar-refractivity contribution is 9.11. The van der Waals surface area contributed by atoms with Gasteiger partial charge in [0.25, 0.3) is 10.0 Å². The average molecular weight is 353 g/mol. The number of aryl methyl sites for hydroxylation is 2. The largest absolute Gasteiger partial charge is 0.273 e. The fourth-order valence-corrected chi connectivity index (χ4v) is 5.26. The first kappa shape index (κ1) is 13.0. The molecule has 0 aliphatic carbocycles. The highest BCUT2D eigenvalue weighted by Gasteiger charge is 2.19. The van der Waals surface area contributed by atoms with Crippen LogP contribution in [-0.2, 0) is 10.0 Å². The lowest BCUT2D eigenvalue weighted by Crippen LogP contribution is -2.11. The van der Waals surface area contributed by atoms with Crippen LogP contribution in [0.25, 0.3) is 0 Å². The summed E-state index contributed by atoms with van der Waals surface area (Å²) in [5, 5.41) is 0.393. The number of thiophene rings is 1. The number of hydrogen-bond donors (Lipinski definition) is 1. The molecule has 0 aromatic carbocycles. The summed E-state index contributed by atoms with van der Waals surface area (Å²) >= 11 is 5.81. The number of aromatic nitrogens is 1. The third kappa shape index (κ3) is 2.87. The molecule has 1 N–H and O–H groups in total. The minimum atomic E-state index is -3.52. The smallest absolute Gasteiger partial charge is 0.254 e. The van der Waals surface area contributed by atoms with Gasteiger partial charge in [0.1, 0.15) is 4.21 Å². The van der Waals surface area contributed by atoms with Crippen LogP contribution in [0.2, 0.25) is 0 Å². The molecule has 0 bridgehead atoms. The van der Waals surface area contributed by atoms with Gasteiger partial charge in [-0.25, -0.2) is 13.4 Å². The van der Waals surface area contributed by atoms with Gasteiger partial charge in [-0.1, -0.05) is 0 Å². The highest BCUT2D eigenvalue weighted by atomic mass is 79.9. The maximum absolute atomic E-state index is 12.0. The van der Waals surface area contributed by atoms with E-state index in [9.17, 15) is 8.42 Å². The standard InChI is InChI=1S/C9H9BrN2O2S3/c1-5-3-7(16-8(5)10)17(13,14)12-9-11-4-6(2)15-9/h3-4H,1-2H3,(H,11,12). The summed E-state index contributed by atoms with van der Waals surface area (Å²) in [6.45, 7) is 3.73. The molecule has 0 radical (unpaired) electrons. The van der Waals surface area contributed by atoms with E-state index < -0.39 is 10.0 Å². The quantitative estimate of drug-likeness (QED) is 0.920. The van der Waals surface area contributed by atoms with E-state index in [4.69, 9.17) is 0 Å². The Labute approximate surface area is 116 Å². The monoisotopic (exact) mass is 352 g/mol. The SMILES string of the molecule is Cc1cnc(NS(=O)(=O)c2cc(C)c(Br)s2)s1. The van der Waals surface area contributed by atoms with Gasteiger partial charge in [-0.15, -0.1) is 22.7 Å². The molecule has 2 aromatic heterocycles. The summed E-state index contributed by atoms with van der Waals surface area (Å²) in [4.78, 5) is 4.94. The zero-order valence-corrected chi connectivity index (χ0v) is 13.1. The summed E-state index contributed by atoms with van der Waals surface area (Å²) < 4.78 is 27.6. The Morgan fingerprint density at radius 1 is 1.35 bits per heavy atom. The molecule has 0 saturated carbocycles. The van der Waals surface area contributed by atoms with Crippen molar-refractivity contribution >= 4 is 53.8 Å². The second-order valence-electron chi connectivity index (χ2n) is 3.40. The Morgan fingerprint density at radius 2 is 2.06 bits per heavy atom. The molecule has 0 aliphatic rings. The van der Waals surface area contributed by atoms with Crippen LogP contribution in [0.5, 0.6) is 0 Å². The molecule has 0 fully saturated rings. The van der Waals surface area contributed by atoms with Gasteiger partial charge in [0.15, 0.2) is 5.13 Å². The first-order chi connectivity index (χ1) is 7.88. The van der Waals surface area contributed by atoms with Crippen LogP contribution in [-0.4, -0.2) is 13.4 Å². The third-order valence-electron chi connectivity index (χ3n) is 1.94. The van der Waals surface area contributed by atoms with Crippen molar-refractivity contribution in [2.75, 3.05) is 4.72 Å². The fourth-order valence-electron chi connectivity index (χ4n) is 1.13. The number of hydrogen-bond acceptors (Lipinski definition) is 5. The molecule has 0 amide bonds. The predicted molar refractivity (Wildman–Crippen MR) is 74.4 cm³/mol. The first-order valence-corrected chi connectivity index (χ1v) is 8.50. The van der Waals surface area contributed by atoms with Gasteiger partial charge in [0.05, 0.1) is 3.79 Å². The van der Waals surface area contributed by atoms with Crippen molar-refractivity contribution < 1.29 is 8.42 Å². The molecule has 0 unspecified atom stereocenters. The van der Waals surface area contributed by atoms with Crippen molar-refractivity contribution in [3.63, 3.8) is 0 Å². The van der Waals surface area contributed by atoms with Crippen LogP contribution in [0.3, 0.4) is 0 Å². The second kappa shape index (κ2) is 4.68. The normalized spacial score (nSPS) is 11.7. The summed E-state index contributed by atoms with van der Waals surface area (Å²) in [5.74, 6) is 0. The summed E-state index contributed by atoms with van der Waals surface area (Å²) in [5.41, 5.74) is 0.908. The van der Waals surface area contributed by atoms with Gasteiger partial charge in [0, 0.05) is 11.1 Å². The van der Waals surface area contributed by atoms with E-state index in [0.29, 0.717) is 5.13 Å². The third-order valence-corrected chi connectivity index (χ3v) is 6.85. The summed E-state index contributed by atoms with van der Waals surface area (Å²) in [6.07, 6.45) is 1.64. The van der Waals surface area contributed by atoms with Gasteiger partial charge in [0.2, 0.25) is 0 Å². The molecule has 8 heteroatoms. The van der Waals surface area contributed by atoms with E-state index in [1.807, 2.05) is 13.8 Å². The number of thiazole rings is 1. The second-order valence-corrected chi connectivity index (χ2v) is 8.92. The lowest BCUT2D eigenvalue weighted by atomic mass is 10.4. The Hall–Kier alpha value is -0.440. The lowest BCUT2D eigenvalue weighted by molar-refractivity contribution is 0.603. The van der Waals surface area contributed by atoms with E-state index in [2.05, 4.69) is 25.6 Å². The van der Waals surface area contributed by atoms with Gasteiger partial charge < -0.3 is 0 Å². The fraction of sp³-hybridized carbons (Fsp3) is 0.222. The minimum absolute atomic E-state index is 0.287. The highest BCUT2D eigenvalue weighted by Crippen LogP contribution is 2.32. The molecule has 0 saturated heterocycles. The molecule has 17 heavy (non-hydrogen) atoms. The average Bonchev–Trinajstić information content (AvgIpc) is 2.75. The maximum Gasteiger partial charge on any atom is 0.273 e. The number of halogens is 1. The number of rotatable bonds is 3. The van der Waals surface area contributed by atoms with Crippen molar-refractivity contribution in [2.45, 2.75) is 18.1 Å². The first-order valence-electron chi connectivity index (χ1n) is 4.59. The Balaban J connectivity index is 2.31. The van der Waals surface area contributed by atoms with Crippen molar-refractivity contribution in [3.8, 4) is 0 Å². The summed E-state index contributed by atoms with van der Waals surface area (Å²) in [7, 11) is -3.52. The van der Waals surface area contributed by atoms with Crippen LogP contribution in [0.1, 0.15) is 10.4 Å². The van der Waals surface area contributed by atoms with Crippen molar-refractivity contribution in [2.24, 2.45) is 0 Å². The number of nitrogens with one attached hydrogen (secondary N) is 1.